The number of unbranched alkanes of at least 4 members (excludes halogenated alkanes) is 1. The van der Waals surface area contributed by atoms with E-state index in [9.17, 15) is 4.79 Å². The molecular formula is C17H21N3O4. The minimum absolute atomic E-state index is 0.0889. The maximum absolute atomic E-state index is 12.2. The van der Waals surface area contributed by atoms with E-state index in [0.29, 0.717) is 29.5 Å². The Balaban J connectivity index is 1.57. The van der Waals surface area contributed by atoms with Gasteiger partial charge >= 0.3 is 0 Å². The van der Waals surface area contributed by atoms with E-state index in [-0.39, 0.29) is 12.7 Å². The Morgan fingerprint density at radius 1 is 1.33 bits per heavy atom. The van der Waals surface area contributed by atoms with Gasteiger partial charge in [-0.25, -0.2) is 0 Å². The number of ether oxygens (including phenoxy) is 3. The van der Waals surface area contributed by atoms with Gasteiger partial charge in [-0.05, 0) is 24.6 Å². The predicted molar refractivity (Wildman–Crippen MR) is 87.4 cm³/mol. The minimum atomic E-state index is -0.0889. The number of aromatic amines is 1. The number of amides is 1. The van der Waals surface area contributed by atoms with Crippen molar-refractivity contribution in [3.63, 3.8) is 0 Å². The highest BCUT2D eigenvalue weighted by molar-refractivity contribution is 5.92. The molecule has 2 aromatic rings. The van der Waals surface area contributed by atoms with Crippen molar-refractivity contribution in [2.75, 3.05) is 20.4 Å². The highest BCUT2D eigenvalue weighted by atomic mass is 16.7. The molecule has 7 heteroatoms. The van der Waals surface area contributed by atoms with Crippen molar-refractivity contribution in [2.24, 2.45) is 0 Å². The smallest absolute Gasteiger partial charge is 0.274 e. The molecule has 0 aliphatic carbocycles. The fraction of sp³-hybridized carbons (Fsp3) is 0.412. The molecule has 1 aliphatic rings. The summed E-state index contributed by atoms with van der Waals surface area (Å²) >= 11 is 0. The van der Waals surface area contributed by atoms with Crippen molar-refractivity contribution in [2.45, 2.75) is 26.4 Å². The molecule has 2 heterocycles. The first kappa shape index (κ1) is 16.2. The lowest BCUT2D eigenvalue weighted by atomic mass is 10.3. The van der Waals surface area contributed by atoms with Crippen LogP contribution in [-0.2, 0) is 6.61 Å². The van der Waals surface area contributed by atoms with Gasteiger partial charge in [-0.15, -0.1) is 0 Å². The second-order valence-electron chi connectivity index (χ2n) is 5.66. The van der Waals surface area contributed by atoms with Gasteiger partial charge in [0.05, 0.1) is 5.69 Å². The van der Waals surface area contributed by atoms with Crippen molar-refractivity contribution in [1.82, 2.24) is 15.1 Å². The summed E-state index contributed by atoms with van der Waals surface area (Å²) < 4.78 is 16.3. The lowest BCUT2D eigenvalue weighted by Gasteiger charge is -2.14. The number of nitrogens with zero attached hydrogens (tertiary/aromatic N) is 2. The zero-order valence-electron chi connectivity index (χ0n) is 13.9. The van der Waals surface area contributed by atoms with Crippen LogP contribution in [0.2, 0.25) is 0 Å². The number of hydrogen-bond donors (Lipinski definition) is 1. The quantitative estimate of drug-likeness (QED) is 0.844. The summed E-state index contributed by atoms with van der Waals surface area (Å²) in [5.41, 5.74) is 1.14. The summed E-state index contributed by atoms with van der Waals surface area (Å²) in [6.07, 6.45) is 2.03. The van der Waals surface area contributed by atoms with Crippen molar-refractivity contribution >= 4 is 5.91 Å². The van der Waals surface area contributed by atoms with Crippen LogP contribution in [0.15, 0.2) is 24.3 Å². The third kappa shape index (κ3) is 3.61. The molecule has 1 aliphatic heterocycles. The van der Waals surface area contributed by atoms with Crippen LogP contribution in [0.25, 0.3) is 0 Å². The van der Waals surface area contributed by atoms with E-state index < -0.39 is 0 Å². The van der Waals surface area contributed by atoms with E-state index in [4.69, 9.17) is 14.2 Å². The third-order valence-electron chi connectivity index (χ3n) is 3.78. The predicted octanol–water partition coefficient (Wildman–Crippen LogP) is 2.59. The molecule has 128 valence electrons. The molecule has 0 unspecified atom stereocenters. The first-order valence-corrected chi connectivity index (χ1v) is 7.99. The molecule has 0 fully saturated rings. The van der Waals surface area contributed by atoms with Gasteiger partial charge < -0.3 is 19.1 Å². The van der Waals surface area contributed by atoms with Crippen LogP contribution >= 0.6 is 0 Å². The van der Waals surface area contributed by atoms with Gasteiger partial charge in [-0.2, -0.15) is 5.10 Å². The Kier molecular flexibility index (Phi) is 4.88. The second kappa shape index (κ2) is 7.25. The number of carbonyl (C=O) groups excluding carboxylic acids is 1. The fourth-order valence-electron chi connectivity index (χ4n) is 2.37. The van der Waals surface area contributed by atoms with Crippen LogP contribution in [0.5, 0.6) is 17.2 Å². The van der Waals surface area contributed by atoms with Crippen LogP contribution in [0.1, 0.15) is 35.9 Å². The first-order chi connectivity index (χ1) is 11.7. The first-order valence-electron chi connectivity index (χ1n) is 7.99. The lowest BCUT2D eigenvalue weighted by molar-refractivity contribution is 0.0787. The van der Waals surface area contributed by atoms with Crippen LogP contribution < -0.4 is 14.2 Å². The summed E-state index contributed by atoms with van der Waals surface area (Å²) in [6.45, 7) is 3.35. The maximum atomic E-state index is 12.2. The molecule has 0 atom stereocenters. The number of benzene rings is 1. The largest absolute Gasteiger partial charge is 0.487 e. The highest BCUT2D eigenvalue weighted by Crippen LogP contribution is 2.35. The summed E-state index contributed by atoms with van der Waals surface area (Å²) in [5.74, 6) is 1.97. The third-order valence-corrected chi connectivity index (χ3v) is 3.78. The standard InChI is InChI=1S/C17H21N3O4/c1-3-4-7-20(2)17(21)14-8-12(18-19-14)10-22-13-5-6-15-16(9-13)24-11-23-15/h5-6,8-9H,3-4,7,10-11H2,1-2H3,(H,18,19). The number of rotatable bonds is 7. The van der Waals surface area contributed by atoms with Crippen molar-refractivity contribution in [3.05, 3.63) is 35.7 Å². The Morgan fingerprint density at radius 3 is 3.00 bits per heavy atom. The van der Waals surface area contributed by atoms with E-state index >= 15 is 0 Å². The topological polar surface area (TPSA) is 76.7 Å². The summed E-state index contributed by atoms with van der Waals surface area (Å²) in [7, 11) is 1.79. The number of fused-ring (bicyclic) bond motifs is 1. The van der Waals surface area contributed by atoms with Gasteiger partial charge in [0.1, 0.15) is 12.4 Å². The van der Waals surface area contributed by atoms with Gasteiger partial charge in [-0.1, -0.05) is 13.3 Å². The van der Waals surface area contributed by atoms with Crippen molar-refractivity contribution in [3.8, 4) is 17.2 Å². The Bertz CT molecular complexity index is 714. The van der Waals surface area contributed by atoms with Crippen molar-refractivity contribution in [1.29, 1.82) is 0 Å². The van der Waals surface area contributed by atoms with E-state index in [2.05, 4.69) is 17.1 Å². The molecule has 0 radical (unpaired) electrons. The molecule has 1 N–H and O–H groups in total. The van der Waals surface area contributed by atoms with Gasteiger partial charge in [-0.3, -0.25) is 9.89 Å². The zero-order valence-corrected chi connectivity index (χ0v) is 13.9. The molecule has 7 nitrogen and oxygen atoms in total. The van der Waals surface area contributed by atoms with E-state index in [1.165, 1.54) is 0 Å². The Morgan fingerprint density at radius 2 is 2.17 bits per heavy atom. The summed E-state index contributed by atoms with van der Waals surface area (Å²) in [4.78, 5) is 13.9. The summed E-state index contributed by atoms with van der Waals surface area (Å²) in [6, 6.07) is 7.12. The molecule has 1 aromatic heterocycles. The van der Waals surface area contributed by atoms with Gasteiger partial charge in [0.15, 0.2) is 17.2 Å². The average molecular weight is 331 g/mol. The number of H-pyrrole nitrogens is 1. The van der Waals surface area contributed by atoms with Crippen LogP contribution in [0, 0.1) is 0 Å². The number of aromatic nitrogens is 2. The molecule has 24 heavy (non-hydrogen) atoms. The normalized spacial score (nSPS) is 12.2. The number of hydrogen-bond acceptors (Lipinski definition) is 5. The molecule has 0 spiro atoms. The monoisotopic (exact) mass is 331 g/mol. The molecular weight excluding hydrogens is 310 g/mol. The molecule has 0 saturated heterocycles. The lowest BCUT2D eigenvalue weighted by Crippen LogP contribution is -2.27. The van der Waals surface area contributed by atoms with Gasteiger partial charge in [0, 0.05) is 19.7 Å². The molecule has 1 aromatic carbocycles. The maximum Gasteiger partial charge on any atom is 0.274 e. The van der Waals surface area contributed by atoms with Crippen LogP contribution in [0.3, 0.4) is 0 Å². The summed E-state index contributed by atoms with van der Waals surface area (Å²) in [5, 5.41) is 6.92. The second-order valence-corrected chi connectivity index (χ2v) is 5.66. The van der Waals surface area contributed by atoms with E-state index in [0.717, 1.165) is 25.1 Å². The molecule has 0 bridgehead atoms. The van der Waals surface area contributed by atoms with Gasteiger partial charge in [0.25, 0.3) is 5.91 Å². The number of nitrogens with one attached hydrogen (secondary N) is 1. The highest BCUT2D eigenvalue weighted by Gasteiger charge is 2.16. The Hall–Kier alpha value is -2.70. The van der Waals surface area contributed by atoms with Crippen LogP contribution in [0.4, 0.5) is 0 Å². The van der Waals surface area contributed by atoms with Crippen molar-refractivity contribution < 1.29 is 19.0 Å². The van der Waals surface area contributed by atoms with Crippen LogP contribution in [-0.4, -0.2) is 41.4 Å². The fourth-order valence-corrected chi connectivity index (χ4v) is 2.37. The molecule has 0 saturated carbocycles. The van der Waals surface area contributed by atoms with E-state index in [1.807, 2.05) is 12.1 Å². The molecule has 1 amide bonds. The number of carbonyl (C=O) groups is 1. The van der Waals surface area contributed by atoms with E-state index in [1.54, 1.807) is 24.1 Å². The minimum Gasteiger partial charge on any atom is -0.487 e. The van der Waals surface area contributed by atoms with Gasteiger partial charge in [0.2, 0.25) is 6.79 Å². The average Bonchev–Trinajstić information content (AvgIpc) is 3.25. The Labute approximate surface area is 140 Å². The zero-order chi connectivity index (χ0) is 16.9. The molecule has 3 rings (SSSR count). The SMILES string of the molecule is CCCCN(C)C(=O)c1cc(COc2ccc3c(c2)OCO3)[nH]n1.